The zero-order valence-electron chi connectivity index (χ0n) is 12.1. The Labute approximate surface area is 115 Å². The average molecular weight is 264 g/mol. The van der Waals surface area contributed by atoms with Crippen molar-refractivity contribution in [2.45, 2.75) is 25.4 Å². The Balaban J connectivity index is 2.09. The monoisotopic (exact) mass is 264 g/mol. The molecule has 4 nitrogen and oxygen atoms in total. The van der Waals surface area contributed by atoms with Gasteiger partial charge in [0.2, 0.25) is 0 Å². The molecule has 1 N–H and O–H groups in total. The molecule has 0 saturated carbocycles. The fraction of sp³-hybridized carbons (Fsp3) is 0.600. The molecule has 1 unspecified atom stereocenters. The third-order valence-corrected chi connectivity index (χ3v) is 3.81. The van der Waals surface area contributed by atoms with E-state index in [1.165, 1.54) is 24.9 Å². The van der Waals surface area contributed by atoms with E-state index in [-0.39, 0.29) is 0 Å². The molecule has 4 heteroatoms. The number of hydrogen-bond acceptors (Lipinski definition) is 4. The van der Waals surface area contributed by atoms with Crippen LogP contribution in [0.15, 0.2) is 18.2 Å². The van der Waals surface area contributed by atoms with Crippen LogP contribution < -0.4 is 14.8 Å². The molecule has 0 radical (unpaired) electrons. The van der Waals surface area contributed by atoms with E-state index in [1.54, 1.807) is 14.2 Å². The third-order valence-electron chi connectivity index (χ3n) is 3.81. The first-order valence-electron chi connectivity index (χ1n) is 6.88. The highest BCUT2D eigenvalue weighted by Crippen LogP contribution is 2.28. The Bertz CT molecular complexity index is 409. The highest BCUT2D eigenvalue weighted by atomic mass is 16.5. The van der Waals surface area contributed by atoms with Crippen LogP contribution in [0, 0.1) is 0 Å². The lowest BCUT2D eigenvalue weighted by Crippen LogP contribution is -2.36. The summed E-state index contributed by atoms with van der Waals surface area (Å²) in [5.41, 5.74) is 1.23. The van der Waals surface area contributed by atoms with Crippen molar-refractivity contribution >= 4 is 0 Å². The molecule has 19 heavy (non-hydrogen) atoms. The van der Waals surface area contributed by atoms with Gasteiger partial charge in [-0.3, -0.25) is 4.90 Å². The van der Waals surface area contributed by atoms with Gasteiger partial charge >= 0.3 is 0 Å². The summed E-state index contributed by atoms with van der Waals surface area (Å²) in [6, 6.07) is 6.70. The van der Waals surface area contributed by atoms with Gasteiger partial charge in [0.05, 0.1) is 14.2 Å². The Kier molecular flexibility index (Phi) is 5.05. The maximum Gasteiger partial charge on any atom is 0.127 e. The van der Waals surface area contributed by atoms with Gasteiger partial charge in [0.15, 0.2) is 0 Å². The summed E-state index contributed by atoms with van der Waals surface area (Å²) in [7, 11) is 5.41. The van der Waals surface area contributed by atoms with E-state index in [2.05, 4.69) is 16.3 Å². The van der Waals surface area contributed by atoms with Crippen LogP contribution in [0.2, 0.25) is 0 Å². The number of rotatable bonds is 6. The highest BCUT2D eigenvalue weighted by molar-refractivity contribution is 5.40. The maximum atomic E-state index is 5.47. The van der Waals surface area contributed by atoms with Gasteiger partial charge in [-0.1, -0.05) is 6.07 Å². The number of nitrogens with one attached hydrogen (secondary N) is 1. The molecule has 1 saturated heterocycles. The number of likely N-dealkylation sites (tertiary alicyclic amines) is 1. The third kappa shape index (κ3) is 3.39. The summed E-state index contributed by atoms with van der Waals surface area (Å²) in [5, 5.41) is 3.28. The highest BCUT2D eigenvalue weighted by Gasteiger charge is 2.24. The minimum Gasteiger partial charge on any atom is -0.497 e. The van der Waals surface area contributed by atoms with Gasteiger partial charge in [0.25, 0.3) is 0 Å². The van der Waals surface area contributed by atoms with E-state index in [0.717, 1.165) is 24.6 Å². The average Bonchev–Trinajstić information content (AvgIpc) is 2.87. The second-order valence-electron chi connectivity index (χ2n) is 5.00. The SMILES string of the molecule is CNCC1CCCN1Cc1ccc(OC)cc1OC. The summed E-state index contributed by atoms with van der Waals surface area (Å²) >= 11 is 0. The van der Waals surface area contributed by atoms with Crippen molar-refractivity contribution in [1.82, 2.24) is 10.2 Å². The van der Waals surface area contributed by atoms with Crippen molar-refractivity contribution in [3.63, 3.8) is 0 Å². The van der Waals surface area contributed by atoms with Crippen molar-refractivity contribution in [1.29, 1.82) is 0 Å². The Morgan fingerprint density at radius 1 is 1.32 bits per heavy atom. The molecular formula is C15H24N2O2. The number of likely N-dealkylation sites (N-methyl/N-ethyl adjacent to an activating group) is 1. The van der Waals surface area contributed by atoms with Gasteiger partial charge in [0, 0.05) is 30.8 Å². The van der Waals surface area contributed by atoms with Gasteiger partial charge in [-0.2, -0.15) is 0 Å². The summed E-state index contributed by atoms with van der Waals surface area (Å²) in [5.74, 6) is 1.75. The molecule has 1 aromatic carbocycles. The first-order chi connectivity index (χ1) is 9.28. The van der Waals surface area contributed by atoms with E-state index >= 15 is 0 Å². The van der Waals surface area contributed by atoms with Crippen LogP contribution in [0.25, 0.3) is 0 Å². The maximum absolute atomic E-state index is 5.47. The molecule has 1 heterocycles. The molecule has 2 rings (SSSR count). The largest absolute Gasteiger partial charge is 0.497 e. The van der Waals surface area contributed by atoms with Crippen LogP contribution in [0.3, 0.4) is 0 Å². The molecule has 0 spiro atoms. The van der Waals surface area contributed by atoms with Gasteiger partial charge in [-0.05, 0) is 32.5 Å². The van der Waals surface area contributed by atoms with Gasteiger partial charge < -0.3 is 14.8 Å². The molecule has 106 valence electrons. The molecular weight excluding hydrogens is 240 g/mol. The molecule has 1 aliphatic rings. The van der Waals surface area contributed by atoms with Crippen LogP contribution in [-0.2, 0) is 6.54 Å². The van der Waals surface area contributed by atoms with E-state index in [4.69, 9.17) is 9.47 Å². The van der Waals surface area contributed by atoms with Crippen molar-refractivity contribution in [2.24, 2.45) is 0 Å². The Morgan fingerprint density at radius 3 is 2.84 bits per heavy atom. The molecule has 0 aromatic heterocycles. The Morgan fingerprint density at radius 2 is 2.16 bits per heavy atom. The predicted molar refractivity (Wildman–Crippen MR) is 76.9 cm³/mol. The fourth-order valence-corrected chi connectivity index (χ4v) is 2.77. The number of methoxy groups -OCH3 is 2. The lowest BCUT2D eigenvalue weighted by molar-refractivity contribution is 0.238. The van der Waals surface area contributed by atoms with Crippen LogP contribution in [0.4, 0.5) is 0 Å². The summed E-state index contributed by atoms with van der Waals surface area (Å²) < 4.78 is 10.7. The zero-order chi connectivity index (χ0) is 13.7. The summed E-state index contributed by atoms with van der Waals surface area (Å²) in [6.07, 6.45) is 2.56. The standard InChI is InChI=1S/C15H24N2O2/c1-16-10-13-5-4-8-17(13)11-12-6-7-14(18-2)9-15(12)19-3/h6-7,9,13,16H,4-5,8,10-11H2,1-3H3. The summed E-state index contributed by atoms with van der Waals surface area (Å²) in [4.78, 5) is 2.53. The lowest BCUT2D eigenvalue weighted by Gasteiger charge is -2.25. The van der Waals surface area contributed by atoms with Crippen LogP contribution >= 0.6 is 0 Å². The first kappa shape index (κ1) is 14.2. The quantitative estimate of drug-likeness (QED) is 0.850. The molecule has 1 aromatic rings. The smallest absolute Gasteiger partial charge is 0.127 e. The molecule has 1 atom stereocenters. The van der Waals surface area contributed by atoms with Crippen molar-refractivity contribution in [3.8, 4) is 11.5 Å². The zero-order valence-corrected chi connectivity index (χ0v) is 12.1. The van der Waals surface area contributed by atoms with Crippen molar-refractivity contribution < 1.29 is 9.47 Å². The van der Waals surface area contributed by atoms with Crippen LogP contribution in [0.5, 0.6) is 11.5 Å². The topological polar surface area (TPSA) is 33.7 Å². The second kappa shape index (κ2) is 6.78. The number of nitrogens with zero attached hydrogens (tertiary/aromatic N) is 1. The second-order valence-corrected chi connectivity index (χ2v) is 5.00. The minimum absolute atomic E-state index is 0.636. The molecule has 0 bridgehead atoms. The van der Waals surface area contributed by atoms with E-state index in [1.807, 2.05) is 19.2 Å². The van der Waals surface area contributed by atoms with Gasteiger partial charge in [-0.15, -0.1) is 0 Å². The minimum atomic E-state index is 0.636. The normalized spacial score (nSPS) is 19.6. The molecule has 1 aliphatic heterocycles. The fourth-order valence-electron chi connectivity index (χ4n) is 2.77. The van der Waals surface area contributed by atoms with Crippen LogP contribution in [0.1, 0.15) is 18.4 Å². The first-order valence-corrected chi connectivity index (χ1v) is 6.88. The molecule has 0 aliphatic carbocycles. The lowest BCUT2D eigenvalue weighted by atomic mass is 10.1. The van der Waals surface area contributed by atoms with E-state index in [9.17, 15) is 0 Å². The number of benzene rings is 1. The number of ether oxygens (including phenoxy) is 2. The van der Waals surface area contributed by atoms with Crippen LogP contribution in [-0.4, -0.2) is 45.3 Å². The predicted octanol–water partition coefficient (Wildman–Crippen LogP) is 1.89. The molecule has 0 amide bonds. The van der Waals surface area contributed by atoms with Crippen molar-refractivity contribution in [2.75, 3.05) is 34.4 Å². The van der Waals surface area contributed by atoms with Gasteiger partial charge in [-0.25, -0.2) is 0 Å². The molecule has 1 fully saturated rings. The Hall–Kier alpha value is -1.26. The number of hydrogen-bond donors (Lipinski definition) is 1. The summed E-state index contributed by atoms with van der Waals surface area (Å²) in [6.45, 7) is 3.17. The van der Waals surface area contributed by atoms with Crippen molar-refractivity contribution in [3.05, 3.63) is 23.8 Å². The van der Waals surface area contributed by atoms with E-state index < -0.39 is 0 Å². The van der Waals surface area contributed by atoms with E-state index in [0.29, 0.717) is 6.04 Å². The van der Waals surface area contributed by atoms with Gasteiger partial charge in [0.1, 0.15) is 11.5 Å².